The van der Waals surface area contributed by atoms with Crippen molar-refractivity contribution in [2.75, 3.05) is 0 Å². The van der Waals surface area contributed by atoms with Crippen molar-refractivity contribution < 1.29 is 31.7 Å². The molecule has 2 aromatic rings. The summed E-state index contributed by atoms with van der Waals surface area (Å²) in [5.41, 5.74) is 0.439. The van der Waals surface area contributed by atoms with Crippen LogP contribution in [0.2, 0.25) is 0 Å². The van der Waals surface area contributed by atoms with Crippen molar-refractivity contribution in [3.05, 3.63) is 59.7 Å². The summed E-state index contributed by atoms with van der Waals surface area (Å²) < 4.78 is 52.4. The fourth-order valence-corrected chi connectivity index (χ4v) is 4.17. The van der Waals surface area contributed by atoms with Gasteiger partial charge in [-0.25, -0.2) is 0 Å². The molecule has 0 fully saturated rings. The second-order valence-electron chi connectivity index (χ2n) is 6.32. The standard InChI is InChI=1S/C19H23O7PS/c1-2-5-15-10-12-17(13-11-15)25-18-8-3-6-16(14-18)7-4-9-19(26-27(20)21)28(22,23)24/h3,6,8,10-14,19H,2,4-5,7,9H2,1H3,(H-,20,21,22,23,24)/p+1. The molecular weight excluding hydrogens is 403 g/mol. The number of ether oxygens (including phenoxy) is 1. The predicted molar refractivity (Wildman–Crippen MR) is 106 cm³/mol. The van der Waals surface area contributed by atoms with Crippen LogP contribution in [0.25, 0.3) is 0 Å². The van der Waals surface area contributed by atoms with Crippen molar-refractivity contribution in [2.45, 2.75) is 44.5 Å². The molecule has 2 aromatic carbocycles. The van der Waals surface area contributed by atoms with Crippen LogP contribution < -0.4 is 4.74 Å². The average molecular weight is 427 g/mol. The van der Waals surface area contributed by atoms with E-state index in [0.717, 1.165) is 24.2 Å². The van der Waals surface area contributed by atoms with Gasteiger partial charge in [0.25, 0.3) is 10.1 Å². The predicted octanol–water partition coefficient (Wildman–Crippen LogP) is 4.63. The molecule has 152 valence electrons. The Morgan fingerprint density at radius 1 is 1.04 bits per heavy atom. The van der Waals surface area contributed by atoms with Gasteiger partial charge in [-0.3, -0.25) is 4.55 Å². The minimum Gasteiger partial charge on any atom is -0.457 e. The first-order valence-electron chi connectivity index (χ1n) is 8.93. The Labute approximate surface area is 166 Å². The minimum atomic E-state index is -4.56. The summed E-state index contributed by atoms with van der Waals surface area (Å²) in [5.74, 6) is 1.38. The first-order chi connectivity index (χ1) is 13.3. The summed E-state index contributed by atoms with van der Waals surface area (Å²) in [6.07, 6.45) is 2.83. The van der Waals surface area contributed by atoms with E-state index in [4.69, 9.17) is 14.2 Å². The van der Waals surface area contributed by atoms with E-state index in [0.29, 0.717) is 18.6 Å². The van der Waals surface area contributed by atoms with Gasteiger partial charge in [-0.15, -0.1) is 4.89 Å². The summed E-state index contributed by atoms with van der Waals surface area (Å²) in [6.45, 7) is 2.13. The molecule has 0 spiro atoms. The maximum Gasteiger partial charge on any atom is 0.696 e. The van der Waals surface area contributed by atoms with Gasteiger partial charge in [0.2, 0.25) is 5.44 Å². The molecule has 0 saturated carbocycles. The van der Waals surface area contributed by atoms with E-state index in [-0.39, 0.29) is 6.42 Å². The topological polar surface area (TPSA) is 110 Å². The minimum absolute atomic E-state index is 0.107. The summed E-state index contributed by atoms with van der Waals surface area (Å²) >= 11 is 0. The van der Waals surface area contributed by atoms with Gasteiger partial charge in [0.15, 0.2) is 0 Å². The zero-order valence-electron chi connectivity index (χ0n) is 15.5. The summed E-state index contributed by atoms with van der Waals surface area (Å²) in [5, 5.41) is 0. The van der Waals surface area contributed by atoms with Crippen LogP contribution in [0.3, 0.4) is 0 Å². The quantitative estimate of drug-likeness (QED) is 0.397. The smallest absolute Gasteiger partial charge is 0.457 e. The lowest BCUT2D eigenvalue weighted by molar-refractivity contribution is 0.225. The highest BCUT2D eigenvalue weighted by molar-refractivity contribution is 7.86. The molecule has 0 heterocycles. The zero-order valence-corrected chi connectivity index (χ0v) is 17.2. The molecular formula is C19H24O7PS+. The lowest BCUT2D eigenvalue weighted by Crippen LogP contribution is -2.21. The number of benzene rings is 2. The van der Waals surface area contributed by atoms with Crippen LogP contribution in [0, 0.1) is 0 Å². The first-order valence-corrected chi connectivity index (χ1v) is 11.6. The van der Waals surface area contributed by atoms with Crippen molar-refractivity contribution in [1.82, 2.24) is 0 Å². The van der Waals surface area contributed by atoms with Crippen molar-refractivity contribution in [1.29, 1.82) is 0 Å². The fraction of sp³-hybridized carbons (Fsp3) is 0.368. The highest BCUT2D eigenvalue weighted by atomic mass is 32.2. The molecule has 2 atom stereocenters. The Balaban J connectivity index is 1.94. The Morgan fingerprint density at radius 3 is 2.36 bits per heavy atom. The highest BCUT2D eigenvalue weighted by Gasteiger charge is 2.33. The zero-order chi connectivity index (χ0) is 20.6. The van der Waals surface area contributed by atoms with E-state index in [1.54, 1.807) is 0 Å². The van der Waals surface area contributed by atoms with E-state index >= 15 is 0 Å². The summed E-state index contributed by atoms with van der Waals surface area (Å²) in [6, 6.07) is 15.3. The van der Waals surface area contributed by atoms with Gasteiger partial charge in [-0.1, -0.05) is 42.1 Å². The lowest BCUT2D eigenvalue weighted by Gasteiger charge is -2.10. The van der Waals surface area contributed by atoms with Gasteiger partial charge < -0.3 is 4.74 Å². The summed E-state index contributed by atoms with van der Waals surface area (Å²) in [7, 11) is -7.68. The van der Waals surface area contributed by atoms with Gasteiger partial charge >= 0.3 is 8.25 Å². The molecule has 2 unspecified atom stereocenters. The maximum atomic E-state index is 11.2. The van der Waals surface area contributed by atoms with Crippen LogP contribution in [-0.2, 0) is 32.0 Å². The van der Waals surface area contributed by atoms with Gasteiger partial charge in [0.1, 0.15) is 11.5 Å². The molecule has 7 nitrogen and oxygen atoms in total. The Kier molecular flexibility index (Phi) is 8.54. The first kappa shape index (κ1) is 22.5. The third-order valence-corrected chi connectivity index (χ3v) is 5.62. The van der Waals surface area contributed by atoms with Crippen LogP contribution in [0.4, 0.5) is 0 Å². The van der Waals surface area contributed by atoms with Crippen LogP contribution >= 0.6 is 8.25 Å². The molecule has 0 aliphatic rings. The molecule has 0 aromatic heterocycles. The largest absolute Gasteiger partial charge is 0.696 e. The second kappa shape index (κ2) is 10.6. The lowest BCUT2D eigenvalue weighted by atomic mass is 10.1. The van der Waals surface area contributed by atoms with Crippen LogP contribution in [0.5, 0.6) is 11.5 Å². The third-order valence-electron chi connectivity index (χ3n) is 4.04. The Bertz CT molecular complexity index is 881. The van der Waals surface area contributed by atoms with Crippen LogP contribution in [0.15, 0.2) is 48.5 Å². The number of aryl methyl sites for hydroxylation is 2. The van der Waals surface area contributed by atoms with E-state index in [1.165, 1.54) is 5.56 Å². The van der Waals surface area contributed by atoms with Crippen molar-refractivity contribution in [2.24, 2.45) is 0 Å². The van der Waals surface area contributed by atoms with Crippen molar-refractivity contribution in [3.63, 3.8) is 0 Å². The molecule has 0 bridgehead atoms. The molecule has 2 N–H and O–H groups in total. The van der Waals surface area contributed by atoms with Gasteiger partial charge in [-0.2, -0.15) is 8.42 Å². The van der Waals surface area contributed by atoms with Crippen molar-refractivity contribution in [3.8, 4) is 11.5 Å². The fourth-order valence-electron chi connectivity index (χ4n) is 2.74. The molecule has 0 amide bonds. The molecule has 28 heavy (non-hydrogen) atoms. The third kappa shape index (κ3) is 7.66. The number of hydrogen-bond donors (Lipinski definition) is 2. The van der Waals surface area contributed by atoms with E-state index in [1.807, 2.05) is 48.5 Å². The monoisotopic (exact) mass is 427 g/mol. The van der Waals surface area contributed by atoms with Gasteiger partial charge in [0.05, 0.1) is 0 Å². The van der Waals surface area contributed by atoms with E-state index in [9.17, 15) is 13.0 Å². The molecule has 0 aliphatic heterocycles. The molecule has 2 rings (SSSR count). The molecule has 0 aliphatic carbocycles. The normalized spacial score (nSPS) is 13.2. The number of rotatable bonds is 11. The summed E-state index contributed by atoms with van der Waals surface area (Å²) in [4.78, 5) is 8.72. The Morgan fingerprint density at radius 2 is 1.75 bits per heavy atom. The molecule has 0 radical (unpaired) electrons. The van der Waals surface area contributed by atoms with Gasteiger partial charge in [-0.05, 0) is 61.1 Å². The van der Waals surface area contributed by atoms with Gasteiger partial charge in [0, 0.05) is 4.57 Å². The maximum absolute atomic E-state index is 11.2. The average Bonchev–Trinajstić information content (AvgIpc) is 2.62. The van der Waals surface area contributed by atoms with Crippen molar-refractivity contribution >= 4 is 18.4 Å². The second-order valence-corrected chi connectivity index (χ2v) is 8.57. The molecule has 9 heteroatoms. The van der Waals surface area contributed by atoms with Crippen LogP contribution in [0.1, 0.15) is 37.3 Å². The molecule has 0 saturated heterocycles. The van der Waals surface area contributed by atoms with Crippen LogP contribution in [-0.4, -0.2) is 23.3 Å². The van der Waals surface area contributed by atoms with E-state index < -0.39 is 23.8 Å². The SMILES string of the molecule is CCCc1ccc(Oc2cccc(CCCC(O[P+](=O)O)S(=O)(=O)O)c2)cc1. The van der Waals surface area contributed by atoms with E-state index in [2.05, 4.69) is 11.4 Å². The number of hydrogen-bond acceptors (Lipinski definition) is 5. The highest BCUT2D eigenvalue weighted by Crippen LogP contribution is 2.26. The Hall–Kier alpha value is -1.83.